The number of hydrogen-bond acceptors (Lipinski definition) is 5. The number of rotatable bonds is 6. The van der Waals surface area contributed by atoms with Crippen molar-refractivity contribution < 1.29 is 14.3 Å². The average Bonchev–Trinajstić information content (AvgIpc) is 3.34. The summed E-state index contributed by atoms with van der Waals surface area (Å²) in [4.78, 5) is 34.4. The van der Waals surface area contributed by atoms with Crippen molar-refractivity contribution in [2.75, 3.05) is 31.6 Å². The molecule has 2 amide bonds. The van der Waals surface area contributed by atoms with Crippen molar-refractivity contribution in [3.63, 3.8) is 0 Å². The third-order valence-electron chi connectivity index (χ3n) is 5.65. The number of amides is 2. The number of nitrogens with zero attached hydrogens (tertiary/aromatic N) is 3. The summed E-state index contributed by atoms with van der Waals surface area (Å²) in [6, 6.07) is 15.2. The van der Waals surface area contributed by atoms with Gasteiger partial charge in [-0.25, -0.2) is 4.98 Å². The van der Waals surface area contributed by atoms with Crippen molar-refractivity contribution in [1.82, 2.24) is 9.88 Å². The van der Waals surface area contributed by atoms with Crippen LogP contribution in [0.25, 0.3) is 10.6 Å². The van der Waals surface area contributed by atoms with Gasteiger partial charge >= 0.3 is 0 Å². The van der Waals surface area contributed by atoms with Crippen LogP contribution in [0, 0.1) is 6.92 Å². The summed E-state index contributed by atoms with van der Waals surface area (Å²) in [5.41, 5.74) is 3.05. The standard InChI is InChI=1S/C25H27N3O3S/c1-18-6-10-20(11-7-18)28(16-23(29)27-14-4-3-5-15-27)25(30)22-17-32-24(26-22)19-8-12-21(31-2)13-9-19/h6-13,17H,3-5,14-16H2,1-2H3. The molecule has 0 aliphatic carbocycles. The minimum atomic E-state index is -0.268. The zero-order valence-corrected chi connectivity index (χ0v) is 19.2. The number of anilines is 1. The van der Waals surface area contributed by atoms with Crippen molar-refractivity contribution in [3.8, 4) is 16.3 Å². The van der Waals surface area contributed by atoms with Crippen LogP contribution in [0.5, 0.6) is 5.75 Å². The minimum Gasteiger partial charge on any atom is -0.497 e. The fraction of sp³-hybridized carbons (Fsp3) is 0.320. The Balaban J connectivity index is 1.58. The quantitative estimate of drug-likeness (QED) is 0.543. The molecule has 0 atom stereocenters. The van der Waals surface area contributed by atoms with Crippen LogP contribution in [0.1, 0.15) is 35.3 Å². The van der Waals surface area contributed by atoms with Gasteiger partial charge in [0.25, 0.3) is 5.91 Å². The smallest absolute Gasteiger partial charge is 0.278 e. The number of methoxy groups -OCH3 is 1. The zero-order valence-electron chi connectivity index (χ0n) is 18.4. The Kier molecular flexibility index (Phi) is 6.85. The Morgan fingerprint density at radius 3 is 2.38 bits per heavy atom. The van der Waals surface area contributed by atoms with E-state index in [0.29, 0.717) is 11.4 Å². The van der Waals surface area contributed by atoms with E-state index in [4.69, 9.17) is 4.74 Å². The van der Waals surface area contributed by atoms with E-state index < -0.39 is 0 Å². The summed E-state index contributed by atoms with van der Waals surface area (Å²) in [6.45, 7) is 3.52. The number of thiazole rings is 1. The van der Waals surface area contributed by atoms with E-state index in [1.54, 1.807) is 17.4 Å². The fourth-order valence-electron chi connectivity index (χ4n) is 3.76. The maximum absolute atomic E-state index is 13.5. The van der Waals surface area contributed by atoms with Crippen LogP contribution in [0.15, 0.2) is 53.9 Å². The summed E-state index contributed by atoms with van der Waals surface area (Å²) in [6.07, 6.45) is 3.18. The number of benzene rings is 2. The first-order chi connectivity index (χ1) is 15.5. The number of carbonyl (C=O) groups excluding carboxylic acids is 2. The number of hydrogen-bond donors (Lipinski definition) is 0. The molecule has 0 saturated carbocycles. The Bertz CT molecular complexity index is 1070. The Hall–Kier alpha value is -3.19. The van der Waals surface area contributed by atoms with E-state index >= 15 is 0 Å². The van der Waals surface area contributed by atoms with Gasteiger partial charge in [-0.3, -0.25) is 14.5 Å². The van der Waals surface area contributed by atoms with E-state index in [1.165, 1.54) is 11.3 Å². The molecule has 3 aromatic rings. The fourth-order valence-corrected chi connectivity index (χ4v) is 4.56. The van der Waals surface area contributed by atoms with Gasteiger partial charge in [0.2, 0.25) is 5.91 Å². The van der Waals surface area contributed by atoms with Crippen LogP contribution in [0.3, 0.4) is 0 Å². The lowest BCUT2D eigenvalue weighted by Gasteiger charge is -2.30. The second-order valence-corrected chi connectivity index (χ2v) is 8.79. The number of piperidine rings is 1. The minimum absolute atomic E-state index is 0.0112. The predicted molar refractivity (Wildman–Crippen MR) is 127 cm³/mol. The molecule has 1 aliphatic heterocycles. The molecule has 7 heteroatoms. The molecule has 1 aromatic heterocycles. The van der Waals surface area contributed by atoms with Gasteiger partial charge < -0.3 is 9.64 Å². The van der Waals surface area contributed by atoms with Crippen molar-refractivity contribution in [2.45, 2.75) is 26.2 Å². The summed E-state index contributed by atoms with van der Waals surface area (Å²) in [7, 11) is 1.63. The van der Waals surface area contributed by atoms with Gasteiger partial charge in [0.05, 0.1) is 7.11 Å². The number of likely N-dealkylation sites (tertiary alicyclic amines) is 1. The molecule has 0 spiro atoms. The summed E-state index contributed by atoms with van der Waals surface area (Å²) >= 11 is 1.41. The first kappa shape index (κ1) is 22.0. The van der Waals surface area contributed by atoms with E-state index in [1.807, 2.05) is 60.4 Å². The monoisotopic (exact) mass is 449 g/mol. The highest BCUT2D eigenvalue weighted by atomic mass is 32.1. The largest absolute Gasteiger partial charge is 0.497 e. The molecule has 0 bridgehead atoms. The number of ether oxygens (including phenoxy) is 1. The highest BCUT2D eigenvalue weighted by molar-refractivity contribution is 7.13. The van der Waals surface area contributed by atoms with Crippen molar-refractivity contribution in [3.05, 3.63) is 65.2 Å². The molecule has 6 nitrogen and oxygen atoms in total. The van der Waals surface area contributed by atoms with Crippen LogP contribution in [-0.4, -0.2) is 48.4 Å². The maximum atomic E-state index is 13.5. The second kappa shape index (κ2) is 9.96. The van der Waals surface area contributed by atoms with Gasteiger partial charge in [-0.15, -0.1) is 11.3 Å². The molecule has 0 unspecified atom stereocenters. The molecule has 1 aliphatic rings. The Morgan fingerprint density at radius 2 is 1.72 bits per heavy atom. The third-order valence-corrected chi connectivity index (χ3v) is 6.54. The molecule has 1 saturated heterocycles. The molecule has 0 radical (unpaired) electrons. The van der Waals surface area contributed by atoms with Crippen LogP contribution < -0.4 is 9.64 Å². The van der Waals surface area contributed by atoms with Crippen LogP contribution >= 0.6 is 11.3 Å². The lowest BCUT2D eigenvalue weighted by molar-refractivity contribution is -0.130. The number of aromatic nitrogens is 1. The second-order valence-electron chi connectivity index (χ2n) is 7.93. The van der Waals surface area contributed by atoms with E-state index in [-0.39, 0.29) is 18.4 Å². The van der Waals surface area contributed by atoms with Gasteiger partial charge in [0, 0.05) is 29.7 Å². The topological polar surface area (TPSA) is 62.7 Å². The van der Waals surface area contributed by atoms with Crippen molar-refractivity contribution in [1.29, 1.82) is 0 Å². The summed E-state index contributed by atoms with van der Waals surface area (Å²) in [5.74, 6) is 0.475. The molecular weight excluding hydrogens is 422 g/mol. The average molecular weight is 450 g/mol. The van der Waals surface area contributed by atoms with Crippen LogP contribution in [-0.2, 0) is 4.79 Å². The van der Waals surface area contributed by atoms with Gasteiger partial charge in [-0.2, -0.15) is 0 Å². The molecule has 0 N–H and O–H groups in total. The summed E-state index contributed by atoms with van der Waals surface area (Å²) in [5, 5.41) is 2.51. The molecule has 2 heterocycles. The van der Waals surface area contributed by atoms with Gasteiger partial charge in [-0.05, 0) is 62.6 Å². The van der Waals surface area contributed by atoms with Gasteiger partial charge in [0.1, 0.15) is 23.0 Å². The van der Waals surface area contributed by atoms with Gasteiger partial charge in [-0.1, -0.05) is 17.7 Å². The van der Waals surface area contributed by atoms with Crippen molar-refractivity contribution in [2.24, 2.45) is 0 Å². The van der Waals surface area contributed by atoms with E-state index in [0.717, 1.165) is 54.2 Å². The van der Waals surface area contributed by atoms with Crippen molar-refractivity contribution >= 4 is 28.8 Å². The lowest BCUT2D eigenvalue weighted by atomic mass is 10.1. The predicted octanol–water partition coefficient (Wildman–Crippen LogP) is 4.79. The van der Waals surface area contributed by atoms with E-state index in [9.17, 15) is 9.59 Å². The highest BCUT2D eigenvalue weighted by Crippen LogP contribution is 2.27. The number of aryl methyl sites for hydroxylation is 1. The first-order valence-electron chi connectivity index (χ1n) is 10.8. The molecule has 4 rings (SSSR count). The number of carbonyl (C=O) groups is 2. The molecule has 2 aromatic carbocycles. The molecule has 166 valence electrons. The highest BCUT2D eigenvalue weighted by Gasteiger charge is 2.26. The first-order valence-corrected chi connectivity index (χ1v) is 11.7. The lowest BCUT2D eigenvalue weighted by Crippen LogP contribution is -2.45. The van der Waals surface area contributed by atoms with E-state index in [2.05, 4.69) is 4.98 Å². The zero-order chi connectivity index (χ0) is 22.5. The molecular formula is C25H27N3O3S. The van der Waals surface area contributed by atoms with Crippen LogP contribution in [0.2, 0.25) is 0 Å². The molecule has 32 heavy (non-hydrogen) atoms. The normalized spacial score (nSPS) is 13.6. The Morgan fingerprint density at radius 1 is 1.03 bits per heavy atom. The Labute approximate surface area is 192 Å². The third kappa shape index (κ3) is 4.99. The molecule has 1 fully saturated rings. The SMILES string of the molecule is COc1ccc(-c2nc(C(=O)N(CC(=O)N3CCCCC3)c3ccc(C)cc3)cs2)cc1. The summed E-state index contributed by atoms with van der Waals surface area (Å²) < 4.78 is 5.21. The maximum Gasteiger partial charge on any atom is 0.278 e. The van der Waals surface area contributed by atoms with Crippen LogP contribution in [0.4, 0.5) is 5.69 Å². The van der Waals surface area contributed by atoms with Gasteiger partial charge in [0.15, 0.2) is 0 Å².